The molecule has 2 aromatic rings. The predicted octanol–water partition coefficient (Wildman–Crippen LogP) is 1.50. The van der Waals surface area contributed by atoms with E-state index in [1.54, 1.807) is 30.6 Å². The summed E-state index contributed by atoms with van der Waals surface area (Å²) in [5.74, 6) is -0.108. The molecule has 0 spiro atoms. The molecule has 0 radical (unpaired) electrons. The van der Waals surface area contributed by atoms with Gasteiger partial charge in [0, 0.05) is 45.1 Å². The normalized spacial score (nSPS) is 15.7. The van der Waals surface area contributed by atoms with Crippen LogP contribution in [-0.2, 0) is 6.54 Å². The Labute approximate surface area is 129 Å². The van der Waals surface area contributed by atoms with E-state index in [0.717, 1.165) is 44.2 Å². The Balaban J connectivity index is 1.58. The van der Waals surface area contributed by atoms with Crippen molar-refractivity contribution in [2.75, 3.05) is 31.1 Å². The quantitative estimate of drug-likeness (QED) is 0.922. The van der Waals surface area contributed by atoms with E-state index in [-0.39, 0.29) is 0 Å². The smallest absolute Gasteiger partial charge is 0.335 e. The molecular formula is C16H18N4O2. The number of piperazine rings is 1. The van der Waals surface area contributed by atoms with E-state index >= 15 is 0 Å². The maximum absolute atomic E-state index is 11.0. The molecule has 0 unspecified atom stereocenters. The lowest BCUT2D eigenvalue weighted by Crippen LogP contribution is -2.46. The summed E-state index contributed by atoms with van der Waals surface area (Å²) in [5, 5.41) is 9.04. The maximum Gasteiger partial charge on any atom is 0.335 e. The molecular weight excluding hydrogens is 280 g/mol. The monoisotopic (exact) mass is 298 g/mol. The van der Waals surface area contributed by atoms with E-state index in [9.17, 15) is 4.79 Å². The van der Waals surface area contributed by atoms with E-state index in [1.165, 1.54) is 0 Å². The van der Waals surface area contributed by atoms with Crippen LogP contribution in [0, 0.1) is 0 Å². The summed E-state index contributed by atoms with van der Waals surface area (Å²) in [6, 6.07) is 8.95. The second kappa shape index (κ2) is 6.53. The zero-order valence-electron chi connectivity index (χ0n) is 12.2. The number of carboxylic acids is 1. The van der Waals surface area contributed by atoms with Crippen LogP contribution in [0.2, 0.25) is 0 Å². The van der Waals surface area contributed by atoms with E-state index in [1.807, 2.05) is 12.1 Å². The van der Waals surface area contributed by atoms with Gasteiger partial charge in [0.2, 0.25) is 5.95 Å². The molecule has 22 heavy (non-hydrogen) atoms. The lowest BCUT2D eigenvalue weighted by atomic mass is 10.1. The number of nitrogens with zero attached hydrogens (tertiary/aromatic N) is 4. The van der Waals surface area contributed by atoms with Crippen LogP contribution in [0.3, 0.4) is 0 Å². The van der Waals surface area contributed by atoms with Crippen molar-refractivity contribution in [3.8, 4) is 0 Å². The number of aromatic carboxylic acids is 1. The first-order valence-electron chi connectivity index (χ1n) is 7.29. The molecule has 114 valence electrons. The maximum atomic E-state index is 11.0. The van der Waals surface area contributed by atoms with Gasteiger partial charge in [-0.15, -0.1) is 0 Å². The van der Waals surface area contributed by atoms with Gasteiger partial charge in [-0.3, -0.25) is 4.90 Å². The number of hydrogen-bond acceptors (Lipinski definition) is 5. The molecule has 1 aromatic heterocycles. The number of anilines is 1. The molecule has 0 aliphatic carbocycles. The summed E-state index contributed by atoms with van der Waals surface area (Å²) in [4.78, 5) is 24.0. The number of carbonyl (C=O) groups is 1. The summed E-state index contributed by atoms with van der Waals surface area (Å²) >= 11 is 0. The van der Waals surface area contributed by atoms with Crippen molar-refractivity contribution in [2.45, 2.75) is 6.54 Å². The van der Waals surface area contributed by atoms with E-state index in [0.29, 0.717) is 5.56 Å². The fourth-order valence-corrected chi connectivity index (χ4v) is 2.62. The molecule has 0 saturated carbocycles. The van der Waals surface area contributed by atoms with Crippen LogP contribution in [0.15, 0.2) is 42.7 Å². The first-order chi connectivity index (χ1) is 10.7. The summed E-state index contributed by atoms with van der Waals surface area (Å²) in [5.41, 5.74) is 1.37. The minimum absolute atomic E-state index is 0.342. The van der Waals surface area contributed by atoms with Gasteiger partial charge in [-0.05, 0) is 23.8 Å². The average molecular weight is 298 g/mol. The predicted molar refractivity (Wildman–Crippen MR) is 82.9 cm³/mol. The molecule has 1 aliphatic rings. The van der Waals surface area contributed by atoms with Crippen LogP contribution in [0.1, 0.15) is 15.9 Å². The highest BCUT2D eigenvalue weighted by Gasteiger charge is 2.18. The Kier molecular flexibility index (Phi) is 4.29. The summed E-state index contributed by atoms with van der Waals surface area (Å²) in [6.45, 7) is 4.35. The molecule has 2 heterocycles. The SMILES string of the molecule is O=C(O)c1cccc(CN2CCN(c3ncccn3)CC2)c1. The van der Waals surface area contributed by atoms with E-state index in [2.05, 4.69) is 19.8 Å². The molecule has 1 aliphatic heterocycles. The van der Waals surface area contributed by atoms with Gasteiger partial charge in [0.05, 0.1) is 5.56 Å². The van der Waals surface area contributed by atoms with Crippen molar-refractivity contribution in [1.82, 2.24) is 14.9 Å². The van der Waals surface area contributed by atoms with Crippen molar-refractivity contribution in [3.05, 3.63) is 53.9 Å². The number of carboxylic acid groups (broad SMARTS) is 1. The van der Waals surface area contributed by atoms with Gasteiger partial charge in [0.25, 0.3) is 0 Å². The molecule has 1 N–H and O–H groups in total. The zero-order chi connectivity index (χ0) is 15.4. The molecule has 0 atom stereocenters. The minimum Gasteiger partial charge on any atom is -0.478 e. The van der Waals surface area contributed by atoms with Crippen LogP contribution in [0.5, 0.6) is 0 Å². The Hall–Kier alpha value is -2.47. The van der Waals surface area contributed by atoms with Gasteiger partial charge >= 0.3 is 5.97 Å². The van der Waals surface area contributed by atoms with Crippen LogP contribution >= 0.6 is 0 Å². The van der Waals surface area contributed by atoms with Crippen LogP contribution < -0.4 is 4.90 Å². The molecule has 0 amide bonds. The van der Waals surface area contributed by atoms with Gasteiger partial charge in [0.1, 0.15) is 0 Å². The third-order valence-electron chi connectivity index (χ3n) is 3.79. The first kappa shape index (κ1) is 14.5. The van der Waals surface area contributed by atoms with Crippen molar-refractivity contribution in [3.63, 3.8) is 0 Å². The molecule has 1 aromatic carbocycles. The van der Waals surface area contributed by atoms with Gasteiger partial charge in [-0.25, -0.2) is 14.8 Å². The zero-order valence-corrected chi connectivity index (χ0v) is 12.2. The fraction of sp³-hybridized carbons (Fsp3) is 0.312. The second-order valence-electron chi connectivity index (χ2n) is 5.32. The largest absolute Gasteiger partial charge is 0.478 e. The molecule has 1 saturated heterocycles. The number of benzene rings is 1. The van der Waals surface area contributed by atoms with Gasteiger partial charge < -0.3 is 10.0 Å². The molecule has 6 nitrogen and oxygen atoms in total. The van der Waals surface area contributed by atoms with Crippen molar-refractivity contribution < 1.29 is 9.90 Å². The van der Waals surface area contributed by atoms with Crippen molar-refractivity contribution in [1.29, 1.82) is 0 Å². The lowest BCUT2D eigenvalue weighted by Gasteiger charge is -2.34. The number of hydrogen-bond donors (Lipinski definition) is 1. The Morgan fingerprint density at radius 3 is 2.50 bits per heavy atom. The number of aromatic nitrogens is 2. The Morgan fingerprint density at radius 2 is 1.82 bits per heavy atom. The molecule has 1 fully saturated rings. The molecule has 0 bridgehead atoms. The van der Waals surface area contributed by atoms with Crippen molar-refractivity contribution in [2.24, 2.45) is 0 Å². The third kappa shape index (κ3) is 3.40. The summed E-state index contributed by atoms with van der Waals surface area (Å²) in [7, 11) is 0. The highest BCUT2D eigenvalue weighted by molar-refractivity contribution is 5.87. The van der Waals surface area contributed by atoms with Gasteiger partial charge in [-0.2, -0.15) is 0 Å². The minimum atomic E-state index is -0.882. The van der Waals surface area contributed by atoms with Crippen LogP contribution in [0.4, 0.5) is 5.95 Å². The van der Waals surface area contributed by atoms with E-state index < -0.39 is 5.97 Å². The Morgan fingerprint density at radius 1 is 1.09 bits per heavy atom. The average Bonchev–Trinajstić information content (AvgIpc) is 2.56. The third-order valence-corrected chi connectivity index (χ3v) is 3.79. The summed E-state index contributed by atoms with van der Waals surface area (Å²) < 4.78 is 0. The topological polar surface area (TPSA) is 69.6 Å². The van der Waals surface area contributed by atoms with Gasteiger partial charge in [0.15, 0.2) is 0 Å². The standard InChI is InChI=1S/C16H18N4O2/c21-15(22)14-4-1-3-13(11-14)12-19-7-9-20(10-8-19)16-17-5-2-6-18-16/h1-6,11H,7-10,12H2,(H,21,22). The van der Waals surface area contributed by atoms with Crippen molar-refractivity contribution >= 4 is 11.9 Å². The lowest BCUT2D eigenvalue weighted by molar-refractivity contribution is 0.0696. The molecule has 6 heteroatoms. The fourth-order valence-electron chi connectivity index (χ4n) is 2.62. The molecule has 3 rings (SSSR count). The summed E-state index contributed by atoms with van der Waals surface area (Å²) in [6.07, 6.45) is 3.51. The number of rotatable bonds is 4. The highest BCUT2D eigenvalue weighted by atomic mass is 16.4. The van der Waals surface area contributed by atoms with Crippen LogP contribution in [0.25, 0.3) is 0 Å². The second-order valence-corrected chi connectivity index (χ2v) is 5.32. The Bertz CT molecular complexity index is 640. The van der Waals surface area contributed by atoms with Crippen LogP contribution in [-0.4, -0.2) is 52.1 Å². The van der Waals surface area contributed by atoms with E-state index in [4.69, 9.17) is 5.11 Å². The highest BCUT2D eigenvalue weighted by Crippen LogP contribution is 2.13. The van der Waals surface area contributed by atoms with Gasteiger partial charge in [-0.1, -0.05) is 12.1 Å². The first-order valence-corrected chi connectivity index (χ1v) is 7.29.